The van der Waals surface area contributed by atoms with Gasteiger partial charge in [0.1, 0.15) is 11.4 Å². The molecule has 1 N–H and O–H groups in total. The maximum Gasteiger partial charge on any atom is 0.199 e. The van der Waals surface area contributed by atoms with Gasteiger partial charge in [0.2, 0.25) is 0 Å². The van der Waals surface area contributed by atoms with Gasteiger partial charge in [-0.3, -0.25) is 0 Å². The molecule has 3 aromatic rings. The standard InChI is InChI=1S/C16H13ClFNO/c17-16-13(12-6-2-4-8-15(12)20-16)10-19-9-11-5-1-3-7-14(11)18/h1-8,19H,9-10H2. The fourth-order valence-corrected chi connectivity index (χ4v) is 2.45. The lowest BCUT2D eigenvalue weighted by Gasteiger charge is -2.05. The van der Waals surface area contributed by atoms with E-state index in [1.54, 1.807) is 12.1 Å². The van der Waals surface area contributed by atoms with Crippen molar-refractivity contribution in [2.75, 3.05) is 0 Å². The van der Waals surface area contributed by atoms with Crippen LogP contribution in [0.2, 0.25) is 5.22 Å². The van der Waals surface area contributed by atoms with Gasteiger partial charge in [-0.25, -0.2) is 4.39 Å². The molecular weight excluding hydrogens is 277 g/mol. The Morgan fingerprint density at radius 1 is 1.00 bits per heavy atom. The Bertz CT molecular complexity index is 738. The summed E-state index contributed by atoms with van der Waals surface area (Å²) in [5, 5.41) is 4.56. The molecule has 0 unspecified atom stereocenters. The van der Waals surface area contributed by atoms with Gasteiger partial charge in [-0.15, -0.1) is 0 Å². The predicted octanol–water partition coefficient (Wildman–Crippen LogP) is 4.52. The van der Waals surface area contributed by atoms with E-state index in [2.05, 4.69) is 5.32 Å². The average Bonchev–Trinajstić information content (AvgIpc) is 2.77. The normalized spacial score (nSPS) is 11.1. The molecule has 0 fully saturated rings. The number of fused-ring (bicyclic) bond motifs is 1. The first-order chi connectivity index (χ1) is 9.75. The second-order valence-corrected chi connectivity index (χ2v) is 4.89. The van der Waals surface area contributed by atoms with E-state index in [0.717, 1.165) is 16.5 Å². The van der Waals surface area contributed by atoms with E-state index >= 15 is 0 Å². The Kier molecular flexibility index (Phi) is 3.72. The van der Waals surface area contributed by atoms with Gasteiger partial charge in [0.15, 0.2) is 5.22 Å². The summed E-state index contributed by atoms with van der Waals surface area (Å²) in [6, 6.07) is 14.4. The molecule has 2 aromatic carbocycles. The molecule has 0 aliphatic heterocycles. The molecule has 0 atom stereocenters. The summed E-state index contributed by atoms with van der Waals surface area (Å²) in [5.41, 5.74) is 2.30. The number of nitrogens with one attached hydrogen (secondary N) is 1. The van der Waals surface area contributed by atoms with E-state index in [4.69, 9.17) is 16.0 Å². The summed E-state index contributed by atoms with van der Waals surface area (Å²) in [6.07, 6.45) is 0. The van der Waals surface area contributed by atoms with E-state index in [9.17, 15) is 4.39 Å². The second-order valence-electron chi connectivity index (χ2n) is 4.55. The zero-order valence-electron chi connectivity index (χ0n) is 10.7. The van der Waals surface area contributed by atoms with E-state index in [0.29, 0.717) is 23.9 Å². The molecule has 20 heavy (non-hydrogen) atoms. The van der Waals surface area contributed by atoms with Crippen molar-refractivity contribution in [1.82, 2.24) is 5.32 Å². The fourth-order valence-electron chi connectivity index (χ4n) is 2.20. The molecule has 1 aromatic heterocycles. The van der Waals surface area contributed by atoms with E-state index in [1.807, 2.05) is 30.3 Å². The Hall–Kier alpha value is -1.84. The maximum atomic E-state index is 13.5. The third-order valence-electron chi connectivity index (χ3n) is 3.22. The van der Waals surface area contributed by atoms with Crippen LogP contribution in [0.4, 0.5) is 4.39 Å². The molecule has 0 spiro atoms. The zero-order chi connectivity index (χ0) is 13.9. The summed E-state index contributed by atoms with van der Waals surface area (Å²) in [7, 11) is 0. The second kappa shape index (κ2) is 5.65. The van der Waals surface area contributed by atoms with Crippen molar-refractivity contribution in [3.63, 3.8) is 0 Å². The minimum atomic E-state index is -0.205. The summed E-state index contributed by atoms with van der Waals surface area (Å²) >= 11 is 6.10. The van der Waals surface area contributed by atoms with Gasteiger partial charge in [0, 0.05) is 29.6 Å². The number of rotatable bonds is 4. The molecule has 0 radical (unpaired) electrons. The molecular formula is C16H13ClFNO. The van der Waals surface area contributed by atoms with Gasteiger partial charge in [-0.05, 0) is 23.7 Å². The molecule has 1 heterocycles. The van der Waals surface area contributed by atoms with Crippen molar-refractivity contribution in [2.45, 2.75) is 13.1 Å². The van der Waals surface area contributed by atoms with Crippen LogP contribution in [0, 0.1) is 5.82 Å². The van der Waals surface area contributed by atoms with Crippen molar-refractivity contribution >= 4 is 22.6 Å². The molecule has 0 saturated heterocycles. The molecule has 0 amide bonds. The van der Waals surface area contributed by atoms with Gasteiger partial charge in [-0.1, -0.05) is 36.4 Å². The van der Waals surface area contributed by atoms with Crippen LogP contribution >= 0.6 is 11.6 Å². The van der Waals surface area contributed by atoms with Crippen molar-refractivity contribution in [2.24, 2.45) is 0 Å². The van der Waals surface area contributed by atoms with Crippen LogP contribution in [0.3, 0.4) is 0 Å². The Labute approximate surface area is 121 Å². The maximum absolute atomic E-state index is 13.5. The van der Waals surface area contributed by atoms with Crippen molar-refractivity contribution in [3.05, 3.63) is 70.7 Å². The Morgan fingerprint density at radius 3 is 2.60 bits per heavy atom. The number of halogens is 2. The lowest BCUT2D eigenvalue weighted by Crippen LogP contribution is -2.13. The van der Waals surface area contributed by atoms with Crippen molar-refractivity contribution < 1.29 is 8.81 Å². The molecule has 0 saturated carbocycles. The lowest BCUT2D eigenvalue weighted by atomic mass is 10.1. The number of hydrogen-bond acceptors (Lipinski definition) is 2. The first kappa shape index (κ1) is 13.2. The summed E-state index contributed by atoms with van der Waals surface area (Å²) in [4.78, 5) is 0. The van der Waals surface area contributed by atoms with E-state index < -0.39 is 0 Å². The fraction of sp³-hybridized carbons (Fsp3) is 0.125. The monoisotopic (exact) mass is 289 g/mol. The minimum Gasteiger partial charge on any atom is -0.444 e. The molecule has 2 nitrogen and oxygen atoms in total. The van der Waals surface area contributed by atoms with Crippen LogP contribution in [0.5, 0.6) is 0 Å². The SMILES string of the molecule is Fc1ccccc1CNCc1c(Cl)oc2ccccc12. The average molecular weight is 290 g/mol. The highest BCUT2D eigenvalue weighted by molar-refractivity contribution is 6.30. The first-order valence-corrected chi connectivity index (χ1v) is 6.73. The van der Waals surface area contributed by atoms with E-state index in [-0.39, 0.29) is 5.82 Å². The summed E-state index contributed by atoms with van der Waals surface area (Å²) in [6.45, 7) is 0.979. The molecule has 0 aliphatic carbocycles. The molecule has 4 heteroatoms. The van der Waals surface area contributed by atoms with Gasteiger partial charge in [0.05, 0.1) is 0 Å². The molecule has 3 rings (SSSR count). The Balaban J connectivity index is 1.74. The minimum absolute atomic E-state index is 0.205. The molecule has 0 aliphatic rings. The highest BCUT2D eigenvalue weighted by Gasteiger charge is 2.11. The van der Waals surface area contributed by atoms with Crippen LogP contribution in [-0.4, -0.2) is 0 Å². The van der Waals surface area contributed by atoms with Crippen LogP contribution in [0.15, 0.2) is 52.9 Å². The van der Waals surface area contributed by atoms with E-state index in [1.165, 1.54) is 6.07 Å². The predicted molar refractivity (Wildman–Crippen MR) is 78.2 cm³/mol. The lowest BCUT2D eigenvalue weighted by molar-refractivity contribution is 0.582. The van der Waals surface area contributed by atoms with Gasteiger partial charge in [0.25, 0.3) is 0 Å². The zero-order valence-corrected chi connectivity index (χ0v) is 11.5. The number of para-hydroxylation sites is 1. The summed E-state index contributed by atoms with van der Waals surface area (Å²) in [5.74, 6) is -0.205. The van der Waals surface area contributed by atoms with Crippen molar-refractivity contribution in [1.29, 1.82) is 0 Å². The van der Waals surface area contributed by atoms with Crippen molar-refractivity contribution in [3.8, 4) is 0 Å². The smallest absolute Gasteiger partial charge is 0.199 e. The largest absolute Gasteiger partial charge is 0.444 e. The molecule has 0 bridgehead atoms. The topological polar surface area (TPSA) is 25.2 Å². The Morgan fingerprint density at radius 2 is 1.75 bits per heavy atom. The molecule has 102 valence electrons. The van der Waals surface area contributed by atoms with Crippen LogP contribution in [0.25, 0.3) is 11.0 Å². The van der Waals surface area contributed by atoms with Crippen LogP contribution in [0.1, 0.15) is 11.1 Å². The highest BCUT2D eigenvalue weighted by Crippen LogP contribution is 2.29. The third-order valence-corrected chi connectivity index (χ3v) is 3.53. The number of furan rings is 1. The van der Waals surface area contributed by atoms with Crippen LogP contribution in [-0.2, 0) is 13.1 Å². The van der Waals surface area contributed by atoms with Gasteiger partial charge < -0.3 is 9.73 Å². The van der Waals surface area contributed by atoms with Crippen LogP contribution < -0.4 is 5.32 Å². The van der Waals surface area contributed by atoms with Gasteiger partial charge >= 0.3 is 0 Å². The highest BCUT2D eigenvalue weighted by atomic mass is 35.5. The summed E-state index contributed by atoms with van der Waals surface area (Å²) < 4.78 is 19.0. The van der Waals surface area contributed by atoms with Gasteiger partial charge in [-0.2, -0.15) is 0 Å². The quantitative estimate of drug-likeness (QED) is 0.764. The number of benzene rings is 2. The number of hydrogen-bond donors (Lipinski definition) is 1. The first-order valence-electron chi connectivity index (χ1n) is 6.36. The third kappa shape index (κ3) is 2.55.